The lowest BCUT2D eigenvalue weighted by Crippen LogP contribution is -2.36. The van der Waals surface area contributed by atoms with E-state index in [0.717, 1.165) is 46.6 Å². The van der Waals surface area contributed by atoms with E-state index in [1.165, 1.54) is 0 Å². The number of nitrogens with one attached hydrogen (secondary N) is 1. The van der Waals surface area contributed by atoms with Crippen molar-refractivity contribution in [2.75, 3.05) is 6.54 Å². The van der Waals surface area contributed by atoms with Crippen molar-refractivity contribution in [1.29, 1.82) is 0 Å². The minimum atomic E-state index is -0.132. The lowest BCUT2D eigenvalue weighted by Gasteiger charge is -2.26. The zero-order valence-electron chi connectivity index (χ0n) is 19.9. The Labute approximate surface area is 202 Å². The summed E-state index contributed by atoms with van der Waals surface area (Å²) in [5, 5.41) is 7.78. The normalized spacial score (nSPS) is 15.3. The first kappa shape index (κ1) is 21.5. The molecule has 4 aromatic rings. The first-order chi connectivity index (χ1) is 17.0. The summed E-state index contributed by atoms with van der Waals surface area (Å²) in [5.74, 6) is 0.874. The van der Waals surface area contributed by atoms with E-state index >= 15 is 0 Å². The third-order valence-corrected chi connectivity index (χ3v) is 6.76. The number of aromatic nitrogens is 5. The molecule has 9 heteroatoms. The van der Waals surface area contributed by atoms with Crippen LogP contribution in [0.5, 0.6) is 0 Å². The molecule has 35 heavy (non-hydrogen) atoms. The van der Waals surface area contributed by atoms with Crippen molar-refractivity contribution >= 4 is 17.6 Å². The number of nitrogens with zero attached hydrogens (tertiary/aromatic N) is 6. The van der Waals surface area contributed by atoms with E-state index in [0.29, 0.717) is 43.6 Å². The highest BCUT2D eigenvalue weighted by Gasteiger charge is 2.33. The Morgan fingerprint density at radius 2 is 1.94 bits per heavy atom. The number of hydrogen-bond acceptors (Lipinski definition) is 5. The van der Waals surface area contributed by atoms with Gasteiger partial charge in [-0.2, -0.15) is 5.10 Å². The molecule has 0 radical (unpaired) electrons. The Morgan fingerprint density at radius 3 is 2.69 bits per heavy atom. The SMILES string of the molecule is CC(=O)N1CCn2nc(-c3ccc(CNC(=O)c4c(C5CC5)nc5ncc(C)cn45)cc3)cc2C1. The zero-order chi connectivity index (χ0) is 24.1. The van der Waals surface area contributed by atoms with E-state index in [2.05, 4.69) is 15.3 Å². The monoisotopic (exact) mass is 469 g/mol. The summed E-state index contributed by atoms with van der Waals surface area (Å²) in [5.41, 5.74) is 6.38. The van der Waals surface area contributed by atoms with Crippen LogP contribution in [0, 0.1) is 6.92 Å². The zero-order valence-corrected chi connectivity index (χ0v) is 19.9. The fourth-order valence-corrected chi connectivity index (χ4v) is 4.65. The van der Waals surface area contributed by atoms with Gasteiger partial charge in [-0.3, -0.25) is 18.7 Å². The van der Waals surface area contributed by atoms with Gasteiger partial charge in [0.1, 0.15) is 5.69 Å². The number of benzene rings is 1. The van der Waals surface area contributed by atoms with E-state index in [-0.39, 0.29) is 11.8 Å². The average molecular weight is 470 g/mol. The van der Waals surface area contributed by atoms with Gasteiger partial charge in [0.2, 0.25) is 11.7 Å². The van der Waals surface area contributed by atoms with Crippen LogP contribution in [0.2, 0.25) is 0 Å². The third-order valence-electron chi connectivity index (χ3n) is 6.76. The smallest absolute Gasteiger partial charge is 0.270 e. The molecule has 1 saturated carbocycles. The maximum atomic E-state index is 13.2. The van der Waals surface area contributed by atoms with Crippen molar-refractivity contribution in [3.8, 4) is 11.3 Å². The Bertz CT molecular complexity index is 1450. The van der Waals surface area contributed by atoms with Gasteiger partial charge in [-0.15, -0.1) is 0 Å². The summed E-state index contributed by atoms with van der Waals surface area (Å²) in [6, 6.07) is 10.1. The largest absolute Gasteiger partial charge is 0.347 e. The summed E-state index contributed by atoms with van der Waals surface area (Å²) < 4.78 is 3.79. The molecule has 0 spiro atoms. The lowest BCUT2D eigenvalue weighted by atomic mass is 10.1. The minimum Gasteiger partial charge on any atom is -0.347 e. The lowest BCUT2D eigenvalue weighted by molar-refractivity contribution is -0.130. The van der Waals surface area contributed by atoms with Gasteiger partial charge in [-0.05, 0) is 37.0 Å². The Kier molecular flexibility index (Phi) is 5.12. The molecule has 1 aliphatic carbocycles. The molecular formula is C26H27N7O2. The van der Waals surface area contributed by atoms with E-state index in [4.69, 9.17) is 5.10 Å². The van der Waals surface area contributed by atoms with Crippen molar-refractivity contribution in [3.05, 3.63) is 70.9 Å². The van der Waals surface area contributed by atoms with Crippen LogP contribution in [-0.2, 0) is 24.4 Å². The highest BCUT2D eigenvalue weighted by molar-refractivity contribution is 5.94. The molecule has 0 bridgehead atoms. The van der Waals surface area contributed by atoms with Crippen LogP contribution in [0.3, 0.4) is 0 Å². The van der Waals surface area contributed by atoms with Crippen LogP contribution in [0.1, 0.15) is 58.7 Å². The Hall–Kier alpha value is -4.01. The molecule has 6 rings (SSSR count). The molecule has 0 atom stereocenters. The number of carbonyl (C=O) groups excluding carboxylic acids is 2. The molecule has 178 valence electrons. The van der Waals surface area contributed by atoms with Crippen molar-refractivity contribution in [2.45, 2.75) is 52.2 Å². The van der Waals surface area contributed by atoms with Gasteiger partial charge in [0.25, 0.3) is 5.91 Å². The summed E-state index contributed by atoms with van der Waals surface area (Å²) in [7, 11) is 0. The number of imidazole rings is 1. The van der Waals surface area contributed by atoms with Crippen molar-refractivity contribution in [2.24, 2.45) is 0 Å². The Morgan fingerprint density at radius 1 is 1.14 bits per heavy atom. The summed E-state index contributed by atoms with van der Waals surface area (Å²) >= 11 is 0. The molecule has 3 aromatic heterocycles. The molecule has 1 aromatic carbocycles. The quantitative estimate of drug-likeness (QED) is 0.485. The first-order valence-electron chi connectivity index (χ1n) is 12.0. The van der Waals surface area contributed by atoms with Crippen LogP contribution in [0.15, 0.2) is 42.7 Å². The maximum Gasteiger partial charge on any atom is 0.270 e. The molecule has 0 saturated heterocycles. The number of hydrogen-bond donors (Lipinski definition) is 1. The van der Waals surface area contributed by atoms with E-state index in [1.807, 2.05) is 57.4 Å². The number of amides is 2. The van der Waals surface area contributed by atoms with E-state index in [1.54, 1.807) is 13.1 Å². The standard InChI is InChI=1S/C26H27N7O2/c1-16-12-28-26-29-23(20-7-8-20)24(32(26)14-16)25(35)27-13-18-3-5-19(6-4-18)22-11-21-15-31(17(2)34)9-10-33(21)30-22/h3-6,11-12,14,20H,7-10,13,15H2,1-2H3,(H,27,35). The number of fused-ring (bicyclic) bond motifs is 2. The van der Waals surface area contributed by atoms with E-state index in [9.17, 15) is 9.59 Å². The topological polar surface area (TPSA) is 97.4 Å². The van der Waals surface area contributed by atoms with Crippen LogP contribution in [-0.4, -0.2) is 47.4 Å². The van der Waals surface area contributed by atoms with Gasteiger partial charge >= 0.3 is 0 Å². The molecule has 1 fully saturated rings. The summed E-state index contributed by atoms with van der Waals surface area (Å²) in [6.45, 7) is 5.97. The van der Waals surface area contributed by atoms with Gasteiger partial charge in [0.15, 0.2) is 0 Å². The van der Waals surface area contributed by atoms with E-state index < -0.39 is 0 Å². The predicted molar refractivity (Wildman–Crippen MR) is 130 cm³/mol. The minimum absolute atomic E-state index is 0.0879. The number of aryl methyl sites for hydroxylation is 1. The van der Waals surface area contributed by atoms with Gasteiger partial charge in [-0.1, -0.05) is 24.3 Å². The number of rotatable bonds is 5. The molecule has 2 aliphatic rings. The van der Waals surface area contributed by atoms with Gasteiger partial charge in [0.05, 0.1) is 30.2 Å². The molecule has 1 N–H and O–H groups in total. The second-order valence-corrected chi connectivity index (χ2v) is 9.49. The molecule has 1 aliphatic heterocycles. The molecular weight excluding hydrogens is 442 g/mol. The fraction of sp³-hybridized carbons (Fsp3) is 0.346. The Balaban J connectivity index is 1.17. The fourth-order valence-electron chi connectivity index (χ4n) is 4.65. The van der Waals surface area contributed by atoms with Crippen LogP contribution in [0.4, 0.5) is 0 Å². The molecule has 0 unspecified atom stereocenters. The first-order valence-corrected chi connectivity index (χ1v) is 12.0. The summed E-state index contributed by atoms with van der Waals surface area (Å²) in [6.07, 6.45) is 5.83. The second-order valence-electron chi connectivity index (χ2n) is 9.49. The van der Waals surface area contributed by atoms with Crippen LogP contribution in [0.25, 0.3) is 17.0 Å². The average Bonchev–Trinajstić information content (AvgIpc) is 3.50. The van der Waals surface area contributed by atoms with Crippen LogP contribution >= 0.6 is 0 Å². The highest BCUT2D eigenvalue weighted by atomic mass is 16.2. The molecule has 2 amide bonds. The van der Waals surface area contributed by atoms with Crippen molar-refractivity contribution in [1.82, 2.24) is 34.4 Å². The maximum absolute atomic E-state index is 13.2. The van der Waals surface area contributed by atoms with Gasteiger partial charge in [-0.25, -0.2) is 9.97 Å². The van der Waals surface area contributed by atoms with Crippen molar-refractivity contribution in [3.63, 3.8) is 0 Å². The number of carbonyl (C=O) groups is 2. The molecule has 4 heterocycles. The second kappa shape index (κ2) is 8.33. The summed E-state index contributed by atoms with van der Waals surface area (Å²) in [4.78, 5) is 35.8. The van der Waals surface area contributed by atoms with Crippen LogP contribution < -0.4 is 5.32 Å². The van der Waals surface area contributed by atoms with Gasteiger partial charge < -0.3 is 10.2 Å². The highest BCUT2D eigenvalue weighted by Crippen LogP contribution is 2.41. The predicted octanol–water partition coefficient (Wildman–Crippen LogP) is 3.07. The van der Waals surface area contributed by atoms with Crippen molar-refractivity contribution < 1.29 is 9.59 Å². The third kappa shape index (κ3) is 4.07. The molecule has 9 nitrogen and oxygen atoms in total. The van der Waals surface area contributed by atoms with Gasteiger partial charge in [0, 0.05) is 43.9 Å².